The first-order valence-corrected chi connectivity index (χ1v) is 30.8. The van der Waals surface area contributed by atoms with Crippen LogP contribution in [-0.4, -0.2) is 37.2 Å². The van der Waals surface area contributed by atoms with E-state index < -0.39 is 6.10 Å². The zero-order valence-electron chi connectivity index (χ0n) is 46.6. The van der Waals surface area contributed by atoms with E-state index in [0.29, 0.717) is 19.3 Å². The quantitative estimate of drug-likeness (QED) is 0.0261. The highest BCUT2D eigenvalue weighted by Gasteiger charge is 2.19. The third-order valence-corrected chi connectivity index (χ3v) is 13.9. The zero-order chi connectivity index (χ0) is 50.0. The predicted octanol–water partition coefficient (Wildman–Crippen LogP) is 20.7. The van der Waals surface area contributed by atoms with Crippen molar-refractivity contribution in [3.63, 3.8) is 0 Å². The van der Waals surface area contributed by atoms with Crippen LogP contribution in [0.5, 0.6) is 0 Å². The monoisotopic (exact) mass is 971 g/mol. The summed E-state index contributed by atoms with van der Waals surface area (Å²) in [6, 6.07) is 0. The van der Waals surface area contributed by atoms with Crippen LogP contribution in [0.4, 0.5) is 0 Å². The fourth-order valence-corrected chi connectivity index (χ4v) is 9.31. The smallest absolute Gasteiger partial charge is 0.306 e. The zero-order valence-corrected chi connectivity index (χ0v) is 46.6. The Kier molecular flexibility index (Phi) is 56.7. The maximum atomic E-state index is 12.7. The summed E-state index contributed by atoms with van der Waals surface area (Å²) >= 11 is 0. The SMILES string of the molecule is CCC/C=C\C/C=C\CCCCCCCC(=O)OC(COC(=O)CCCCCCCC)COC(=O)CCCCCCCCCCCCCCCCCCCCCCCCCCCCCCCCCC. The van der Waals surface area contributed by atoms with Crippen molar-refractivity contribution in [3.8, 4) is 0 Å². The normalized spacial score (nSPS) is 12.1. The van der Waals surface area contributed by atoms with Gasteiger partial charge in [-0.15, -0.1) is 0 Å². The highest BCUT2D eigenvalue weighted by Crippen LogP contribution is 2.18. The summed E-state index contributed by atoms with van der Waals surface area (Å²) in [5, 5.41) is 0. The number of carbonyl (C=O) groups is 3. The second-order valence-corrected chi connectivity index (χ2v) is 21.0. The van der Waals surface area contributed by atoms with Crippen LogP contribution in [0.2, 0.25) is 0 Å². The molecular weight excluding hydrogens is 853 g/mol. The summed E-state index contributed by atoms with van der Waals surface area (Å²) < 4.78 is 16.7. The highest BCUT2D eigenvalue weighted by molar-refractivity contribution is 5.71. The number of carbonyl (C=O) groups excluding carboxylic acids is 3. The number of esters is 3. The van der Waals surface area contributed by atoms with E-state index in [1.54, 1.807) is 0 Å². The summed E-state index contributed by atoms with van der Waals surface area (Å²) in [6.07, 6.45) is 69.6. The van der Waals surface area contributed by atoms with Crippen LogP contribution in [0, 0.1) is 0 Å². The Labute approximate surface area is 430 Å². The molecule has 1 unspecified atom stereocenters. The van der Waals surface area contributed by atoms with E-state index in [1.165, 1.54) is 212 Å². The van der Waals surface area contributed by atoms with Gasteiger partial charge in [0.15, 0.2) is 6.10 Å². The van der Waals surface area contributed by atoms with Gasteiger partial charge in [-0.1, -0.05) is 302 Å². The topological polar surface area (TPSA) is 78.9 Å². The Bertz CT molecular complexity index is 1110. The van der Waals surface area contributed by atoms with E-state index in [1.807, 2.05) is 0 Å². The van der Waals surface area contributed by atoms with E-state index >= 15 is 0 Å². The number of rotatable bonds is 57. The van der Waals surface area contributed by atoms with Gasteiger partial charge in [-0.25, -0.2) is 0 Å². The lowest BCUT2D eigenvalue weighted by molar-refractivity contribution is -0.167. The standard InChI is InChI=1S/C63H118O6/c1-4-7-10-13-16-18-20-22-23-24-25-26-27-28-29-30-31-32-33-34-35-36-37-38-39-40-42-43-45-47-50-53-56-62(65)68-59-60(58-67-61(64)55-52-49-15-12-9-6-3)69-63(66)57-54-51-48-46-44-41-21-19-17-14-11-8-5-2/h11,14,19,21,60H,4-10,12-13,15-18,20,22-59H2,1-3H3/b14-11-,21-19-. The molecule has 1 atom stereocenters. The molecule has 0 rings (SSSR count). The summed E-state index contributed by atoms with van der Waals surface area (Å²) in [7, 11) is 0. The van der Waals surface area contributed by atoms with Gasteiger partial charge in [0.1, 0.15) is 13.2 Å². The summed E-state index contributed by atoms with van der Waals surface area (Å²) in [5.74, 6) is -0.881. The molecule has 0 aliphatic rings. The molecule has 0 heterocycles. The van der Waals surface area contributed by atoms with Crippen LogP contribution < -0.4 is 0 Å². The fourth-order valence-electron chi connectivity index (χ4n) is 9.31. The van der Waals surface area contributed by atoms with Crippen LogP contribution in [0.3, 0.4) is 0 Å². The first-order valence-electron chi connectivity index (χ1n) is 30.8. The van der Waals surface area contributed by atoms with Crippen molar-refractivity contribution < 1.29 is 28.6 Å². The summed E-state index contributed by atoms with van der Waals surface area (Å²) in [5.41, 5.74) is 0. The van der Waals surface area contributed by atoms with Gasteiger partial charge in [0.05, 0.1) is 0 Å². The molecule has 69 heavy (non-hydrogen) atoms. The van der Waals surface area contributed by atoms with Crippen molar-refractivity contribution in [3.05, 3.63) is 24.3 Å². The second kappa shape index (κ2) is 58.5. The third kappa shape index (κ3) is 56.7. The predicted molar refractivity (Wildman–Crippen MR) is 298 cm³/mol. The molecule has 6 nitrogen and oxygen atoms in total. The van der Waals surface area contributed by atoms with Gasteiger partial charge in [-0.3, -0.25) is 14.4 Å². The molecule has 6 heteroatoms. The van der Waals surface area contributed by atoms with Gasteiger partial charge in [0.25, 0.3) is 0 Å². The molecule has 0 bridgehead atoms. The lowest BCUT2D eigenvalue weighted by Gasteiger charge is -2.18. The number of hydrogen-bond acceptors (Lipinski definition) is 6. The van der Waals surface area contributed by atoms with Crippen molar-refractivity contribution in [2.75, 3.05) is 13.2 Å². The summed E-state index contributed by atoms with van der Waals surface area (Å²) in [4.78, 5) is 37.8. The molecule has 0 fully saturated rings. The molecular formula is C63H118O6. The molecule has 0 amide bonds. The molecule has 0 N–H and O–H groups in total. The minimum absolute atomic E-state index is 0.0730. The number of ether oxygens (including phenoxy) is 3. The van der Waals surface area contributed by atoms with Gasteiger partial charge in [-0.05, 0) is 44.9 Å². The minimum Gasteiger partial charge on any atom is -0.462 e. The lowest BCUT2D eigenvalue weighted by Crippen LogP contribution is -2.30. The van der Waals surface area contributed by atoms with E-state index in [-0.39, 0.29) is 31.1 Å². The van der Waals surface area contributed by atoms with Crippen molar-refractivity contribution in [2.24, 2.45) is 0 Å². The van der Waals surface area contributed by atoms with Gasteiger partial charge >= 0.3 is 17.9 Å². The van der Waals surface area contributed by atoms with Gasteiger partial charge in [-0.2, -0.15) is 0 Å². The average molecular weight is 972 g/mol. The van der Waals surface area contributed by atoms with E-state index in [0.717, 1.165) is 89.9 Å². The number of unbranched alkanes of at least 4 members (excludes halogenated alkanes) is 42. The third-order valence-electron chi connectivity index (χ3n) is 13.9. The van der Waals surface area contributed by atoms with Crippen molar-refractivity contribution >= 4 is 17.9 Å². The molecule has 0 aliphatic heterocycles. The first-order chi connectivity index (χ1) is 34.0. The molecule has 0 saturated heterocycles. The van der Waals surface area contributed by atoms with Gasteiger partial charge in [0.2, 0.25) is 0 Å². The van der Waals surface area contributed by atoms with E-state index in [2.05, 4.69) is 45.1 Å². The number of allylic oxidation sites excluding steroid dienone is 4. The molecule has 0 aromatic rings. The second-order valence-electron chi connectivity index (χ2n) is 21.0. The van der Waals surface area contributed by atoms with Crippen molar-refractivity contribution in [2.45, 2.75) is 348 Å². The lowest BCUT2D eigenvalue weighted by atomic mass is 10.0. The summed E-state index contributed by atoms with van der Waals surface area (Å²) in [6.45, 7) is 6.55. The highest BCUT2D eigenvalue weighted by atomic mass is 16.6. The molecule has 0 aromatic heterocycles. The molecule has 0 radical (unpaired) electrons. The van der Waals surface area contributed by atoms with E-state index in [9.17, 15) is 14.4 Å². The molecule has 0 saturated carbocycles. The largest absolute Gasteiger partial charge is 0.462 e. The van der Waals surface area contributed by atoms with Gasteiger partial charge in [0, 0.05) is 19.3 Å². The molecule has 406 valence electrons. The van der Waals surface area contributed by atoms with Crippen molar-refractivity contribution in [1.82, 2.24) is 0 Å². The Morgan fingerprint density at radius 2 is 0.551 bits per heavy atom. The Hall–Kier alpha value is -2.11. The Morgan fingerprint density at radius 1 is 0.290 bits per heavy atom. The van der Waals surface area contributed by atoms with Crippen LogP contribution in [0.15, 0.2) is 24.3 Å². The minimum atomic E-state index is -0.772. The van der Waals surface area contributed by atoms with Crippen LogP contribution >= 0.6 is 0 Å². The molecule has 0 aliphatic carbocycles. The van der Waals surface area contributed by atoms with Crippen molar-refractivity contribution in [1.29, 1.82) is 0 Å². The maximum absolute atomic E-state index is 12.7. The average Bonchev–Trinajstić information content (AvgIpc) is 3.35. The van der Waals surface area contributed by atoms with Gasteiger partial charge < -0.3 is 14.2 Å². The van der Waals surface area contributed by atoms with Crippen LogP contribution in [0.25, 0.3) is 0 Å². The molecule has 0 spiro atoms. The maximum Gasteiger partial charge on any atom is 0.306 e. The Morgan fingerprint density at radius 3 is 0.855 bits per heavy atom. The van der Waals surface area contributed by atoms with Crippen LogP contribution in [0.1, 0.15) is 342 Å². The van der Waals surface area contributed by atoms with E-state index in [4.69, 9.17) is 14.2 Å². The molecule has 0 aromatic carbocycles. The van der Waals surface area contributed by atoms with Crippen LogP contribution in [-0.2, 0) is 28.6 Å². The fraction of sp³-hybridized carbons (Fsp3) is 0.889. The number of hydrogen-bond donors (Lipinski definition) is 0. The Balaban J connectivity index is 3.88. The first kappa shape index (κ1) is 66.9.